The molecule has 1 N–H and O–H groups in total. The quantitative estimate of drug-likeness (QED) is 0.366. The van der Waals surface area contributed by atoms with E-state index in [2.05, 4.69) is 95.0 Å². The van der Waals surface area contributed by atoms with Gasteiger partial charge in [-0.1, -0.05) is 48.5 Å². The number of nitrogens with zero attached hydrogens (tertiary/aromatic N) is 4. The van der Waals surface area contributed by atoms with Gasteiger partial charge in [0.1, 0.15) is 5.82 Å². The summed E-state index contributed by atoms with van der Waals surface area (Å²) < 4.78 is 7.13. The maximum absolute atomic E-state index is 11.6. The molecule has 0 fully saturated rings. The largest absolute Gasteiger partial charge is 0.438 e. The highest BCUT2D eigenvalue weighted by atomic mass is 16.5. The van der Waals surface area contributed by atoms with Gasteiger partial charge in [-0.05, 0) is 72.7 Å². The number of H-pyrrole nitrogens is 1. The van der Waals surface area contributed by atoms with Crippen LogP contribution in [0.4, 0.5) is 11.4 Å². The van der Waals surface area contributed by atoms with Crippen LogP contribution in [-0.4, -0.2) is 19.7 Å². The van der Waals surface area contributed by atoms with Gasteiger partial charge in [-0.2, -0.15) is 0 Å². The van der Waals surface area contributed by atoms with E-state index in [0.717, 1.165) is 48.5 Å². The first kappa shape index (κ1) is 22.3. The summed E-state index contributed by atoms with van der Waals surface area (Å²) in [4.78, 5) is 21.5. The van der Waals surface area contributed by atoms with Gasteiger partial charge in [-0.25, -0.2) is 9.78 Å². The molecule has 0 aliphatic carbocycles. The molecule has 0 unspecified atom stereocenters. The normalized spacial score (nSPS) is 13.0. The Bertz CT molecular complexity index is 1640. The van der Waals surface area contributed by atoms with Gasteiger partial charge in [-0.3, -0.25) is 9.51 Å². The molecule has 182 valence electrons. The van der Waals surface area contributed by atoms with Crippen molar-refractivity contribution < 1.29 is 4.52 Å². The fourth-order valence-electron chi connectivity index (χ4n) is 5.48. The zero-order valence-electron chi connectivity index (χ0n) is 20.8. The van der Waals surface area contributed by atoms with Gasteiger partial charge in [-0.15, -0.1) is 0 Å². The Morgan fingerprint density at radius 2 is 1.78 bits per heavy atom. The van der Waals surface area contributed by atoms with Crippen molar-refractivity contribution in [2.75, 3.05) is 4.90 Å². The molecule has 0 spiro atoms. The van der Waals surface area contributed by atoms with Crippen LogP contribution in [0.5, 0.6) is 0 Å². The van der Waals surface area contributed by atoms with Crippen molar-refractivity contribution in [1.29, 1.82) is 0 Å². The number of hydrogen-bond acceptors (Lipinski definition) is 5. The maximum atomic E-state index is 11.6. The van der Waals surface area contributed by atoms with Gasteiger partial charge in [0.05, 0.1) is 17.6 Å². The number of hydrogen-bond donors (Lipinski definition) is 1. The summed E-state index contributed by atoms with van der Waals surface area (Å²) in [5.74, 6) is 1.08. The Kier molecular flexibility index (Phi) is 5.48. The van der Waals surface area contributed by atoms with Crippen LogP contribution in [0.2, 0.25) is 0 Å². The number of aryl methyl sites for hydroxylation is 5. The van der Waals surface area contributed by atoms with Gasteiger partial charge in [0, 0.05) is 24.3 Å². The van der Waals surface area contributed by atoms with Crippen molar-refractivity contribution in [3.8, 4) is 0 Å². The van der Waals surface area contributed by atoms with Crippen LogP contribution in [0.3, 0.4) is 0 Å². The average molecular weight is 480 g/mol. The molecule has 3 aromatic carbocycles. The molecule has 0 bridgehead atoms. The zero-order valence-corrected chi connectivity index (χ0v) is 20.8. The molecule has 0 radical (unpaired) electrons. The molecule has 7 heteroatoms. The van der Waals surface area contributed by atoms with E-state index >= 15 is 0 Å². The number of imidazole rings is 1. The number of para-hydroxylation sites is 1. The predicted molar refractivity (Wildman–Crippen MR) is 141 cm³/mol. The van der Waals surface area contributed by atoms with Crippen molar-refractivity contribution in [2.45, 2.75) is 53.1 Å². The van der Waals surface area contributed by atoms with Gasteiger partial charge >= 0.3 is 5.76 Å². The lowest BCUT2D eigenvalue weighted by Crippen LogP contribution is -2.19. The number of rotatable bonds is 5. The molecule has 1 aliphatic rings. The second kappa shape index (κ2) is 8.82. The minimum absolute atomic E-state index is 0.430. The maximum Gasteiger partial charge on any atom is 0.438 e. The first-order valence-electron chi connectivity index (χ1n) is 12.5. The first-order chi connectivity index (χ1) is 17.5. The number of fused-ring (bicyclic) bond motifs is 3. The van der Waals surface area contributed by atoms with Gasteiger partial charge in [0.15, 0.2) is 5.82 Å². The smallest absolute Gasteiger partial charge is 0.333 e. The van der Waals surface area contributed by atoms with Crippen LogP contribution in [0.25, 0.3) is 11.0 Å². The van der Waals surface area contributed by atoms with Crippen LogP contribution < -0.4 is 10.7 Å². The summed E-state index contributed by atoms with van der Waals surface area (Å²) in [6, 6.07) is 19.6. The van der Waals surface area contributed by atoms with E-state index in [1.54, 1.807) is 0 Å². The molecule has 0 saturated carbocycles. The summed E-state index contributed by atoms with van der Waals surface area (Å²) in [5, 5.41) is 3.92. The van der Waals surface area contributed by atoms with E-state index in [4.69, 9.17) is 9.51 Å². The summed E-state index contributed by atoms with van der Waals surface area (Å²) in [6.07, 6.45) is 2.78. The van der Waals surface area contributed by atoms with E-state index in [1.807, 2.05) is 0 Å². The van der Waals surface area contributed by atoms with E-state index in [0.29, 0.717) is 12.4 Å². The third-order valence-corrected chi connectivity index (χ3v) is 7.10. The highest BCUT2D eigenvalue weighted by Crippen LogP contribution is 2.37. The lowest BCUT2D eigenvalue weighted by molar-refractivity contribution is 0.381. The number of aromatic amines is 1. The second-order valence-corrected chi connectivity index (χ2v) is 9.64. The minimum Gasteiger partial charge on any atom is -0.333 e. The van der Waals surface area contributed by atoms with E-state index in [-0.39, 0.29) is 0 Å². The number of aromatic nitrogens is 4. The van der Waals surface area contributed by atoms with Gasteiger partial charge < -0.3 is 9.47 Å². The molecule has 36 heavy (non-hydrogen) atoms. The minimum atomic E-state index is -0.534. The summed E-state index contributed by atoms with van der Waals surface area (Å²) >= 11 is 0. The Hall–Kier alpha value is -4.13. The van der Waals surface area contributed by atoms with Crippen molar-refractivity contribution in [3.05, 3.63) is 105 Å². The molecule has 0 amide bonds. The molecule has 5 aromatic rings. The van der Waals surface area contributed by atoms with Gasteiger partial charge in [0.25, 0.3) is 0 Å². The monoisotopic (exact) mass is 479 g/mol. The summed E-state index contributed by atoms with van der Waals surface area (Å²) in [5.41, 5.74) is 10.8. The summed E-state index contributed by atoms with van der Waals surface area (Å²) in [6.45, 7) is 7.66. The third-order valence-electron chi connectivity index (χ3n) is 7.10. The molecule has 1 aliphatic heterocycles. The second-order valence-electron chi connectivity index (χ2n) is 9.64. The molecular formula is C29H29N5O2. The SMILES string of the molecule is CCc1nc2c(C)cc(C)cc2n1Cc1ccc2c(c1)CCc1ccccc1N2Cc1noc(=O)[nH]1. The fourth-order valence-corrected chi connectivity index (χ4v) is 5.48. The number of nitrogens with one attached hydrogen (secondary N) is 1. The molecule has 0 saturated heterocycles. The third kappa shape index (κ3) is 3.90. The molecular weight excluding hydrogens is 450 g/mol. The first-order valence-corrected chi connectivity index (χ1v) is 12.5. The van der Waals surface area contributed by atoms with E-state index in [9.17, 15) is 4.79 Å². The Balaban J connectivity index is 1.41. The Labute approximate surface area is 209 Å². The van der Waals surface area contributed by atoms with Crippen LogP contribution in [0.15, 0.2) is 63.9 Å². The standard InChI is InChI=1S/C29H29N5O2/c1-4-27-31-28-19(3)13-18(2)14-25(28)34(27)16-20-9-12-24-22(15-20)11-10-21-7-5-6-8-23(21)33(24)17-26-30-29(35)36-32-26/h5-9,12-15H,4,10-11,16-17H2,1-3H3,(H,30,32,35). The van der Waals surface area contributed by atoms with Crippen LogP contribution in [-0.2, 0) is 32.4 Å². The molecule has 3 heterocycles. The zero-order chi connectivity index (χ0) is 24.8. The molecule has 7 nitrogen and oxygen atoms in total. The van der Waals surface area contributed by atoms with Crippen LogP contribution >= 0.6 is 0 Å². The fraction of sp³-hybridized carbons (Fsp3) is 0.276. The lowest BCUT2D eigenvalue weighted by Gasteiger charge is -2.26. The predicted octanol–water partition coefficient (Wildman–Crippen LogP) is 5.38. The van der Waals surface area contributed by atoms with Crippen molar-refractivity contribution in [2.24, 2.45) is 0 Å². The topological polar surface area (TPSA) is 79.9 Å². The van der Waals surface area contributed by atoms with E-state index in [1.165, 1.54) is 33.3 Å². The summed E-state index contributed by atoms with van der Waals surface area (Å²) in [7, 11) is 0. The van der Waals surface area contributed by atoms with E-state index < -0.39 is 5.76 Å². The van der Waals surface area contributed by atoms with Gasteiger partial charge in [0.2, 0.25) is 0 Å². The Morgan fingerprint density at radius 1 is 0.972 bits per heavy atom. The highest BCUT2D eigenvalue weighted by Gasteiger charge is 2.23. The molecule has 0 atom stereocenters. The number of anilines is 2. The van der Waals surface area contributed by atoms with Crippen LogP contribution in [0, 0.1) is 13.8 Å². The van der Waals surface area contributed by atoms with Crippen molar-refractivity contribution >= 4 is 22.4 Å². The number of benzene rings is 3. The Morgan fingerprint density at radius 3 is 2.58 bits per heavy atom. The highest BCUT2D eigenvalue weighted by molar-refractivity contribution is 5.80. The average Bonchev–Trinajstić information content (AvgIpc) is 3.40. The molecule has 6 rings (SSSR count). The lowest BCUT2D eigenvalue weighted by atomic mass is 10.0. The molecule has 2 aromatic heterocycles. The van der Waals surface area contributed by atoms with Crippen LogP contribution in [0.1, 0.15) is 46.4 Å². The van der Waals surface area contributed by atoms with Crippen molar-refractivity contribution in [3.63, 3.8) is 0 Å². The van der Waals surface area contributed by atoms with Crippen molar-refractivity contribution in [1.82, 2.24) is 19.7 Å².